The zero-order chi connectivity index (χ0) is 11.0. The Morgan fingerprint density at radius 1 is 1.38 bits per heavy atom. The maximum Gasteiger partial charge on any atom is 0.178 e. The standard InChI is InChI=1S/C11H14N4S/c12-9-2-1-5-15-11(9)13-10(14-15)8-3-6-16-7-4-8/h1-2,5,8H,3-4,6-7,12H2. The molecule has 0 unspecified atom stereocenters. The smallest absolute Gasteiger partial charge is 0.178 e. The van der Waals surface area contributed by atoms with Crippen LogP contribution in [0.2, 0.25) is 0 Å². The summed E-state index contributed by atoms with van der Waals surface area (Å²) in [6.07, 6.45) is 4.27. The van der Waals surface area contributed by atoms with E-state index >= 15 is 0 Å². The second-order valence-electron chi connectivity index (χ2n) is 4.09. The molecule has 3 heterocycles. The molecule has 1 saturated heterocycles. The number of hydrogen-bond donors (Lipinski definition) is 1. The molecule has 4 nitrogen and oxygen atoms in total. The molecule has 0 atom stereocenters. The summed E-state index contributed by atoms with van der Waals surface area (Å²) in [5.41, 5.74) is 7.36. The fraction of sp³-hybridized carbons (Fsp3) is 0.455. The molecule has 1 fully saturated rings. The van der Waals surface area contributed by atoms with Gasteiger partial charge >= 0.3 is 0 Å². The van der Waals surface area contributed by atoms with Crippen molar-refractivity contribution in [3.8, 4) is 0 Å². The number of nitrogen functional groups attached to an aromatic ring is 1. The first kappa shape index (κ1) is 9.96. The third-order valence-electron chi connectivity index (χ3n) is 3.00. The summed E-state index contributed by atoms with van der Waals surface area (Å²) in [4.78, 5) is 4.55. The quantitative estimate of drug-likeness (QED) is 0.819. The van der Waals surface area contributed by atoms with Crippen LogP contribution in [0.3, 0.4) is 0 Å². The minimum atomic E-state index is 0.514. The molecule has 16 heavy (non-hydrogen) atoms. The first-order valence-electron chi connectivity index (χ1n) is 5.53. The second kappa shape index (κ2) is 3.97. The monoisotopic (exact) mass is 234 g/mol. The van der Waals surface area contributed by atoms with Crippen molar-refractivity contribution in [3.63, 3.8) is 0 Å². The minimum absolute atomic E-state index is 0.514. The van der Waals surface area contributed by atoms with E-state index in [-0.39, 0.29) is 0 Å². The first-order chi connectivity index (χ1) is 7.84. The van der Waals surface area contributed by atoms with Gasteiger partial charge in [-0.1, -0.05) is 0 Å². The molecule has 2 N–H and O–H groups in total. The van der Waals surface area contributed by atoms with Gasteiger partial charge in [-0.05, 0) is 36.5 Å². The fourth-order valence-corrected chi connectivity index (χ4v) is 3.18. The van der Waals surface area contributed by atoms with Gasteiger partial charge in [0.05, 0.1) is 5.69 Å². The van der Waals surface area contributed by atoms with Crippen molar-refractivity contribution in [1.82, 2.24) is 14.6 Å². The number of pyridine rings is 1. The lowest BCUT2D eigenvalue weighted by Gasteiger charge is -2.17. The van der Waals surface area contributed by atoms with Crippen LogP contribution in [-0.4, -0.2) is 26.1 Å². The summed E-state index contributed by atoms with van der Waals surface area (Å²) in [5, 5.41) is 4.51. The minimum Gasteiger partial charge on any atom is -0.396 e. The van der Waals surface area contributed by atoms with Crippen LogP contribution >= 0.6 is 11.8 Å². The van der Waals surface area contributed by atoms with Gasteiger partial charge in [-0.15, -0.1) is 0 Å². The van der Waals surface area contributed by atoms with Gasteiger partial charge in [0.1, 0.15) is 0 Å². The van der Waals surface area contributed by atoms with Crippen LogP contribution in [0.1, 0.15) is 24.6 Å². The molecular weight excluding hydrogens is 220 g/mol. The molecule has 0 radical (unpaired) electrons. The zero-order valence-corrected chi connectivity index (χ0v) is 9.78. The van der Waals surface area contributed by atoms with Gasteiger partial charge in [0.2, 0.25) is 0 Å². The Kier molecular flexibility index (Phi) is 2.47. The van der Waals surface area contributed by atoms with Gasteiger partial charge in [-0.2, -0.15) is 16.9 Å². The second-order valence-corrected chi connectivity index (χ2v) is 5.31. The SMILES string of the molecule is Nc1cccn2nc(C3CCSCC3)nc12. The number of fused-ring (bicyclic) bond motifs is 1. The molecule has 0 bridgehead atoms. The largest absolute Gasteiger partial charge is 0.396 e. The molecule has 3 rings (SSSR count). The highest BCUT2D eigenvalue weighted by Gasteiger charge is 2.20. The molecule has 84 valence electrons. The molecule has 0 aliphatic carbocycles. The molecule has 5 heteroatoms. The van der Waals surface area contributed by atoms with E-state index in [1.807, 2.05) is 30.1 Å². The van der Waals surface area contributed by atoms with Gasteiger partial charge in [0.15, 0.2) is 11.5 Å². The predicted octanol–water partition coefficient (Wildman–Crippen LogP) is 1.92. The molecule has 0 aromatic carbocycles. The van der Waals surface area contributed by atoms with Gasteiger partial charge in [-0.3, -0.25) is 0 Å². The average molecular weight is 234 g/mol. The van der Waals surface area contributed by atoms with Crippen molar-refractivity contribution >= 4 is 23.1 Å². The van der Waals surface area contributed by atoms with Crippen LogP contribution in [0.5, 0.6) is 0 Å². The Bertz CT molecular complexity index is 502. The summed E-state index contributed by atoms with van der Waals surface area (Å²) in [5.74, 6) is 3.91. The van der Waals surface area contributed by atoms with E-state index in [0.717, 1.165) is 11.5 Å². The third kappa shape index (κ3) is 1.65. The maximum absolute atomic E-state index is 5.87. The predicted molar refractivity (Wildman–Crippen MR) is 66.7 cm³/mol. The van der Waals surface area contributed by atoms with E-state index in [1.165, 1.54) is 24.3 Å². The number of thioether (sulfide) groups is 1. The van der Waals surface area contributed by atoms with Crippen LogP contribution < -0.4 is 5.73 Å². The average Bonchev–Trinajstić information content (AvgIpc) is 2.76. The highest BCUT2D eigenvalue weighted by Crippen LogP contribution is 2.30. The molecule has 1 aliphatic rings. The summed E-state index contributed by atoms with van der Waals surface area (Å²) in [6.45, 7) is 0. The van der Waals surface area contributed by atoms with Crippen molar-refractivity contribution in [1.29, 1.82) is 0 Å². The van der Waals surface area contributed by atoms with Gasteiger partial charge in [0, 0.05) is 12.1 Å². The Hall–Kier alpha value is -1.23. The van der Waals surface area contributed by atoms with Crippen LogP contribution in [0.25, 0.3) is 5.65 Å². The summed E-state index contributed by atoms with van der Waals surface area (Å²) < 4.78 is 1.78. The number of rotatable bonds is 1. The number of nitrogens with zero attached hydrogens (tertiary/aromatic N) is 3. The van der Waals surface area contributed by atoms with E-state index in [0.29, 0.717) is 11.6 Å². The molecule has 2 aromatic rings. The fourth-order valence-electron chi connectivity index (χ4n) is 2.07. The summed E-state index contributed by atoms with van der Waals surface area (Å²) in [7, 11) is 0. The van der Waals surface area contributed by atoms with Crippen LogP contribution in [-0.2, 0) is 0 Å². The molecule has 1 aliphatic heterocycles. The van der Waals surface area contributed by atoms with E-state index < -0.39 is 0 Å². The topological polar surface area (TPSA) is 56.2 Å². The molecule has 0 amide bonds. The Labute approximate surface area is 98.2 Å². The van der Waals surface area contributed by atoms with Gasteiger partial charge in [0.25, 0.3) is 0 Å². The lowest BCUT2D eigenvalue weighted by molar-refractivity contribution is 0.598. The van der Waals surface area contributed by atoms with E-state index in [4.69, 9.17) is 5.73 Å². The van der Waals surface area contributed by atoms with Crippen molar-refractivity contribution < 1.29 is 0 Å². The molecule has 2 aromatic heterocycles. The van der Waals surface area contributed by atoms with Gasteiger partial charge in [-0.25, -0.2) is 9.50 Å². The first-order valence-corrected chi connectivity index (χ1v) is 6.68. The summed E-state index contributed by atoms with van der Waals surface area (Å²) >= 11 is 2.02. The van der Waals surface area contributed by atoms with Crippen LogP contribution in [0.15, 0.2) is 18.3 Å². The van der Waals surface area contributed by atoms with Crippen molar-refractivity contribution in [2.45, 2.75) is 18.8 Å². The Morgan fingerprint density at radius 2 is 2.19 bits per heavy atom. The molecule has 0 spiro atoms. The summed E-state index contributed by atoms with van der Waals surface area (Å²) in [6, 6.07) is 3.77. The van der Waals surface area contributed by atoms with Crippen molar-refractivity contribution in [3.05, 3.63) is 24.2 Å². The number of nitrogens with two attached hydrogens (primary N) is 1. The number of hydrogen-bond acceptors (Lipinski definition) is 4. The third-order valence-corrected chi connectivity index (χ3v) is 4.04. The highest BCUT2D eigenvalue weighted by molar-refractivity contribution is 7.99. The molecular formula is C11H14N4S. The van der Waals surface area contributed by atoms with Crippen LogP contribution in [0, 0.1) is 0 Å². The van der Waals surface area contributed by atoms with Crippen molar-refractivity contribution in [2.24, 2.45) is 0 Å². The van der Waals surface area contributed by atoms with Crippen LogP contribution in [0.4, 0.5) is 5.69 Å². The lowest BCUT2D eigenvalue weighted by atomic mass is 10.0. The Morgan fingerprint density at radius 3 is 2.94 bits per heavy atom. The zero-order valence-electron chi connectivity index (χ0n) is 8.97. The van der Waals surface area contributed by atoms with E-state index in [2.05, 4.69) is 10.1 Å². The van der Waals surface area contributed by atoms with Crippen molar-refractivity contribution in [2.75, 3.05) is 17.2 Å². The number of aromatic nitrogens is 3. The highest BCUT2D eigenvalue weighted by atomic mass is 32.2. The van der Waals surface area contributed by atoms with Gasteiger partial charge < -0.3 is 5.73 Å². The normalized spacial score (nSPS) is 18.0. The van der Waals surface area contributed by atoms with E-state index in [9.17, 15) is 0 Å². The lowest BCUT2D eigenvalue weighted by Crippen LogP contribution is -2.09. The van der Waals surface area contributed by atoms with E-state index in [1.54, 1.807) is 4.52 Å². The number of anilines is 1. The molecule has 0 saturated carbocycles. The maximum atomic E-state index is 5.87. The Balaban J connectivity index is 2.01.